The zero-order chi connectivity index (χ0) is 15.9. The van der Waals surface area contributed by atoms with Crippen LogP contribution in [0.3, 0.4) is 0 Å². The van der Waals surface area contributed by atoms with Crippen molar-refractivity contribution in [1.82, 2.24) is 5.32 Å². The second-order valence-corrected chi connectivity index (χ2v) is 6.86. The highest BCUT2D eigenvalue weighted by Gasteiger charge is 2.22. The van der Waals surface area contributed by atoms with Crippen molar-refractivity contribution in [2.45, 2.75) is 71.4 Å². The van der Waals surface area contributed by atoms with Crippen LogP contribution in [-0.4, -0.2) is 18.7 Å². The largest absolute Gasteiger partial charge is 0.491 e. The zero-order valence-electron chi connectivity index (χ0n) is 14.4. The van der Waals surface area contributed by atoms with Gasteiger partial charge >= 0.3 is 0 Å². The van der Waals surface area contributed by atoms with Gasteiger partial charge in [-0.2, -0.15) is 0 Å². The second kappa shape index (κ2) is 8.42. The van der Waals surface area contributed by atoms with Crippen molar-refractivity contribution < 1.29 is 4.74 Å². The van der Waals surface area contributed by atoms with Crippen molar-refractivity contribution in [3.05, 3.63) is 23.8 Å². The number of ether oxygens (including phenoxy) is 1. The van der Waals surface area contributed by atoms with E-state index in [1.54, 1.807) is 0 Å². The lowest BCUT2D eigenvalue weighted by Gasteiger charge is -2.32. The van der Waals surface area contributed by atoms with Crippen molar-refractivity contribution in [2.75, 3.05) is 12.3 Å². The van der Waals surface area contributed by atoms with Gasteiger partial charge in [0.1, 0.15) is 5.75 Å². The van der Waals surface area contributed by atoms with E-state index >= 15 is 0 Å². The third-order valence-electron chi connectivity index (χ3n) is 4.69. The molecular weight excluding hydrogens is 272 g/mol. The molecule has 1 aromatic rings. The summed E-state index contributed by atoms with van der Waals surface area (Å²) in [7, 11) is 0. The van der Waals surface area contributed by atoms with Crippen LogP contribution in [0.5, 0.6) is 5.75 Å². The summed E-state index contributed by atoms with van der Waals surface area (Å²) >= 11 is 0. The van der Waals surface area contributed by atoms with Gasteiger partial charge in [0.25, 0.3) is 0 Å². The van der Waals surface area contributed by atoms with E-state index in [2.05, 4.69) is 38.2 Å². The van der Waals surface area contributed by atoms with E-state index in [9.17, 15) is 0 Å². The van der Waals surface area contributed by atoms with Gasteiger partial charge in [0.15, 0.2) is 0 Å². The molecule has 22 heavy (non-hydrogen) atoms. The molecule has 0 spiro atoms. The van der Waals surface area contributed by atoms with Crippen LogP contribution < -0.4 is 15.8 Å². The minimum atomic E-state index is 0.479. The molecule has 1 saturated carbocycles. The average molecular weight is 304 g/mol. The van der Waals surface area contributed by atoms with Crippen molar-refractivity contribution >= 4 is 5.69 Å². The third-order valence-corrected chi connectivity index (χ3v) is 4.69. The molecule has 3 heteroatoms. The van der Waals surface area contributed by atoms with Crippen LogP contribution in [0.4, 0.5) is 5.69 Å². The normalized spacial score (nSPS) is 23.2. The molecule has 0 amide bonds. The molecule has 0 bridgehead atoms. The molecule has 0 radical (unpaired) electrons. The van der Waals surface area contributed by atoms with Gasteiger partial charge in [-0.05, 0) is 56.2 Å². The third kappa shape index (κ3) is 4.91. The number of hydrogen-bond acceptors (Lipinski definition) is 3. The number of benzene rings is 1. The first-order valence-corrected chi connectivity index (χ1v) is 8.87. The van der Waals surface area contributed by atoms with Crippen molar-refractivity contribution in [3.63, 3.8) is 0 Å². The average Bonchev–Trinajstić information content (AvgIpc) is 2.49. The van der Waals surface area contributed by atoms with Crippen molar-refractivity contribution in [2.24, 2.45) is 5.92 Å². The van der Waals surface area contributed by atoms with Crippen molar-refractivity contribution in [3.8, 4) is 5.75 Å². The van der Waals surface area contributed by atoms with Crippen molar-refractivity contribution in [1.29, 1.82) is 0 Å². The quantitative estimate of drug-likeness (QED) is 0.744. The Labute approximate surface area is 135 Å². The summed E-state index contributed by atoms with van der Waals surface area (Å²) in [6.07, 6.45) is 7.45. The van der Waals surface area contributed by atoms with E-state index < -0.39 is 0 Å². The molecule has 1 aromatic carbocycles. The summed E-state index contributed by atoms with van der Waals surface area (Å²) in [5, 5.41) is 3.81. The molecule has 0 aliphatic heterocycles. The first-order valence-electron chi connectivity index (χ1n) is 8.87. The van der Waals surface area contributed by atoms with E-state index in [0.29, 0.717) is 12.1 Å². The fourth-order valence-electron chi connectivity index (χ4n) is 3.41. The lowest BCUT2D eigenvalue weighted by atomic mass is 9.85. The van der Waals surface area contributed by atoms with Gasteiger partial charge in [-0.15, -0.1) is 0 Å². The Bertz CT molecular complexity index is 461. The van der Waals surface area contributed by atoms with Gasteiger partial charge in [-0.25, -0.2) is 0 Å². The highest BCUT2D eigenvalue weighted by molar-refractivity contribution is 5.54. The van der Waals surface area contributed by atoms with Crippen LogP contribution in [0, 0.1) is 5.92 Å². The van der Waals surface area contributed by atoms with E-state index in [1.807, 2.05) is 6.07 Å². The molecule has 1 aliphatic rings. The summed E-state index contributed by atoms with van der Waals surface area (Å²) in [5.74, 6) is 1.61. The van der Waals surface area contributed by atoms with Gasteiger partial charge in [0.2, 0.25) is 0 Å². The summed E-state index contributed by atoms with van der Waals surface area (Å²) in [6.45, 7) is 7.48. The Morgan fingerprint density at radius 1 is 1.32 bits per heavy atom. The molecule has 3 nitrogen and oxygen atoms in total. The molecule has 3 atom stereocenters. The minimum Gasteiger partial charge on any atom is -0.491 e. The van der Waals surface area contributed by atoms with Gasteiger partial charge in [-0.3, -0.25) is 0 Å². The molecule has 0 aromatic heterocycles. The predicted molar refractivity (Wildman–Crippen MR) is 94.4 cm³/mol. The van der Waals surface area contributed by atoms with Crippen LogP contribution in [0.25, 0.3) is 0 Å². The number of nitrogens with two attached hydrogens (primary N) is 1. The Kier molecular flexibility index (Phi) is 6.56. The van der Waals surface area contributed by atoms with Gasteiger partial charge in [0.05, 0.1) is 12.3 Å². The first-order chi connectivity index (χ1) is 10.6. The van der Waals surface area contributed by atoms with Gasteiger partial charge < -0.3 is 15.8 Å². The number of rotatable bonds is 7. The molecule has 1 aliphatic carbocycles. The number of nitrogens with one attached hydrogen (secondary N) is 1. The van der Waals surface area contributed by atoms with Crippen LogP contribution in [0.2, 0.25) is 0 Å². The Morgan fingerprint density at radius 2 is 2.09 bits per heavy atom. The fraction of sp³-hybridized carbons (Fsp3) is 0.684. The molecule has 0 heterocycles. The molecule has 2 rings (SSSR count). The van der Waals surface area contributed by atoms with Crippen LogP contribution in [-0.2, 0) is 6.42 Å². The Balaban J connectivity index is 1.88. The summed E-state index contributed by atoms with van der Waals surface area (Å²) in [5.41, 5.74) is 8.13. The van der Waals surface area contributed by atoms with E-state index in [1.165, 1.54) is 31.2 Å². The highest BCUT2D eigenvalue weighted by Crippen LogP contribution is 2.26. The second-order valence-electron chi connectivity index (χ2n) is 6.86. The fourth-order valence-corrected chi connectivity index (χ4v) is 3.41. The van der Waals surface area contributed by atoms with E-state index in [4.69, 9.17) is 10.5 Å². The maximum absolute atomic E-state index is 6.10. The maximum Gasteiger partial charge on any atom is 0.142 e. The van der Waals surface area contributed by atoms with Crippen LogP contribution in [0.1, 0.15) is 58.4 Å². The van der Waals surface area contributed by atoms with E-state index in [0.717, 1.165) is 36.8 Å². The standard InChI is InChI=1S/C19H32N2O/c1-4-11-22-19-10-9-16(13-17(19)20)12-15(3)21-18-8-6-5-7-14(18)2/h9-10,13-15,18,21H,4-8,11-12,20H2,1-3H3. The number of hydrogen-bond donors (Lipinski definition) is 2. The summed E-state index contributed by atoms with van der Waals surface area (Å²) in [6, 6.07) is 7.37. The van der Waals surface area contributed by atoms with Gasteiger partial charge in [0, 0.05) is 12.1 Å². The highest BCUT2D eigenvalue weighted by atomic mass is 16.5. The molecule has 1 fully saturated rings. The molecule has 124 valence electrons. The predicted octanol–water partition coefficient (Wildman–Crippen LogP) is 4.16. The maximum atomic E-state index is 6.10. The first kappa shape index (κ1) is 17.1. The van der Waals surface area contributed by atoms with E-state index in [-0.39, 0.29) is 0 Å². The summed E-state index contributed by atoms with van der Waals surface area (Å²) in [4.78, 5) is 0. The molecule has 3 unspecified atom stereocenters. The lowest BCUT2D eigenvalue weighted by molar-refractivity contribution is 0.262. The molecule has 3 N–H and O–H groups in total. The summed E-state index contributed by atoms with van der Waals surface area (Å²) < 4.78 is 5.64. The smallest absolute Gasteiger partial charge is 0.142 e. The number of nitrogen functional groups attached to an aromatic ring is 1. The molecule has 0 saturated heterocycles. The van der Waals surface area contributed by atoms with Crippen LogP contribution in [0.15, 0.2) is 18.2 Å². The monoisotopic (exact) mass is 304 g/mol. The SMILES string of the molecule is CCCOc1ccc(CC(C)NC2CCCCC2C)cc1N. The van der Waals surface area contributed by atoms with Crippen LogP contribution >= 0.6 is 0 Å². The minimum absolute atomic E-state index is 0.479. The Hall–Kier alpha value is -1.22. The van der Waals surface area contributed by atoms with Gasteiger partial charge in [-0.1, -0.05) is 32.8 Å². The topological polar surface area (TPSA) is 47.3 Å². The lowest BCUT2D eigenvalue weighted by Crippen LogP contribution is -2.43. The Morgan fingerprint density at radius 3 is 2.77 bits per heavy atom. The molecular formula is C19H32N2O. The number of anilines is 1. The zero-order valence-corrected chi connectivity index (χ0v) is 14.4.